The molecule has 0 saturated heterocycles. The number of ketones is 1. The van der Waals surface area contributed by atoms with E-state index in [0.29, 0.717) is 17.9 Å². The smallest absolute Gasteiger partial charge is 0.253 e. The Morgan fingerprint density at radius 3 is 2.60 bits per heavy atom. The van der Waals surface area contributed by atoms with Crippen molar-refractivity contribution in [1.82, 2.24) is 9.55 Å². The maximum atomic E-state index is 12.1. The molecule has 2 rings (SSSR count). The number of benzene rings is 1. The van der Waals surface area contributed by atoms with E-state index in [1.54, 1.807) is 31.2 Å². The van der Waals surface area contributed by atoms with Crippen LogP contribution in [0.5, 0.6) is 5.75 Å². The van der Waals surface area contributed by atoms with Crippen LogP contribution in [0.3, 0.4) is 0 Å². The minimum Gasteiger partial charge on any atom is -0.494 e. The van der Waals surface area contributed by atoms with Crippen LogP contribution in [-0.4, -0.2) is 21.9 Å². The summed E-state index contributed by atoms with van der Waals surface area (Å²) in [6, 6.07) is 8.28. The topological polar surface area (TPSA) is 61.2 Å². The summed E-state index contributed by atoms with van der Waals surface area (Å²) < 4.78 is 6.61. The molecule has 0 atom stereocenters. The van der Waals surface area contributed by atoms with Crippen molar-refractivity contribution >= 4 is 5.78 Å². The monoisotopic (exact) mass is 272 g/mol. The molecule has 1 heterocycles. The summed E-state index contributed by atoms with van der Waals surface area (Å²) in [6.45, 7) is 4.20. The number of ether oxygens (including phenoxy) is 1. The van der Waals surface area contributed by atoms with Crippen LogP contribution >= 0.6 is 0 Å². The summed E-state index contributed by atoms with van der Waals surface area (Å²) in [4.78, 5) is 27.8. The van der Waals surface area contributed by atoms with E-state index in [9.17, 15) is 9.59 Å². The molecule has 0 fully saturated rings. The van der Waals surface area contributed by atoms with Gasteiger partial charge in [0, 0.05) is 17.3 Å². The molecule has 1 aromatic heterocycles. The first kappa shape index (κ1) is 14.0. The van der Waals surface area contributed by atoms with E-state index in [1.807, 2.05) is 6.92 Å². The molecule has 2 aromatic rings. The van der Waals surface area contributed by atoms with Gasteiger partial charge in [0.1, 0.15) is 5.75 Å². The van der Waals surface area contributed by atoms with E-state index in [2.05, 4.69) is 4.98 Å². The average Bonchev–Trinajstić information content (AvgIpc) is 2.43. The first-order chi connectivity index (χ1) is 9.60. The van der Waals surface area contributed by atoms with Crippen LogP contribution in [0.4, 0.5) is 0 Å². The van der Waals surface area contributed by atoms with Crippen LogP contribution in [0, 0.1) is 6.92 Å². The molecule has 5 heteroatoms. The van der Waals surface area contributed by atoms with Gasteiger partial charge in [0.25, 0.3) is 5.56 Å². The Hall–Kier alpha value is -2.43. The van der Waals surface area contributed by atoms with Gasteiger partial charge in [-0.25, -0.2) is 4.98 Å². The largest absolute Gasteiger partial charge is 0.494 e. The zero-order valence-corrected chi connectivity index (χ0v) is 11.5. The Bertz CT molecular complexity index is 660. The fraction of sp³-hybridized carbons (Fsp3) is 0.267. The van der Waals surface area contributed by atoms with E-state index < -0.39 is 0 Å². The van der Waals surface area contributed by atoms with Gasteiger partial charge in [-0.05, 0) is 38.1 Å². The Morgan fingerprint density at radius 2 is 2.00 bits per heavy atom. The second-order valence-corrected chi connectivity index (χ2v) is 4.38. The number of aryl methyl sites for hydroxylation is 1. The number of Topliss-reactive ketones (excluding diaryl/α,β-unsaturated/α-hetero) is 1. The van der Waals surface area contributed by atoms with Crippen molar-refractivity contribution in [3.8, 4) is 5.75 Å². The van der Waals surface area contributed by atoms with Crippen molar-refractivity contribution in [2.45, 2.75) is 20.4 Å². The summed E-state index contributed by atoms with van der Waals surface area (Å²) in [5.41, 5.74) is 0.956. The van der Waals surface area contributed by atoms with E-state index in [1.165, 1.54) is 17.0 Å². The molecule has 0 aliphatic rings. The number of hydrogen-bond acceptors (Lipinski definition) is 4. The maximum Gasteiger partial charge on any atom is 0.253 e. The molecular weight excluding hydrogens is 256 g/mol. The molecule has 0 aliphatic heterocycles. The van der Waals surface area contributed by atoms with Crippen LogP contribution in [0.25, 0.3) is 0 Å². The molecule has 0 N–H and O–H groups in total. The molecular formula is C15H16N2O3. The summed E-state index contributed by atoms with van der Waals surface area (Å²) in [5, 5.41) is 0. The van der Waals surface area contributed by atoms with Crippen molar-refractivity contribution < 1.29 is 9.53 Å². The molecule has 0 amide bonds. The first-order valence-corrected chi connectivity index (χ1v) is 6.39. The number of rotatable bonds is 5. The molecule has 104 valence electrons. The van der Waals surface area contributed by atoms with Gasteiger partial charge in [-0.2, -0.15) is 0 Å². The number of aromatic nitrogens is 2. The highest BCUT2D eigenvalue weighted by molar-refractivity contribution is 5.95. The fourth-order valence-electron chi connectivity index (χ4n) is 1.79. The van der Waals surface area contributed by atoms with Crippen LogP contribution in [0.2, 0.25) is 0 Å². The number of carbonyl (C=O) groups excluding carboxylic acids is 1. The summed E-state index contributed by atoms with van der Waals surface area (Å²) in [6.07, 6.45) is 1.39. The molecule has 0 radical (unpaired) electrons. The van der Waals surface area contributed by atoms with Crippen molar-refractivity contribution in [2.75, 3.05) is 6.61 Å². The van der Waals surface area contributed by atoms with Crippen LogP contribution < -0.4 is 10.3 Å². The highest BCUT2D eigenvalue weighted by Crippen LogP contribution is 2.12. The van der Waals surface area contributed by atoms with Crippen molar-refractivity contribution in [1.29, 1.82) is 0 Å². The second-order valence-electron chi connectivity index (χ2n) is 4.38. The summed E-state index contributed by atoms with van der Waals surface area (Å²) in [7, 11) is 0. The predicted molar refractivity (Wildman–Crippen MR) is 75.2 cm³/mol. The van der Waals surface area contributed by atoms with Crippen molar-refractivity contribution in [3.05, 3.63) is 58.3 Å². The SMILES string of the molecule is CCOc1ccc(C(=O)Cn2cnc(C)cc2=O)cc1. The minimum atomic E-state index is -0.225. The van der Waals surface area contributed by atoms with Crippen LogP contribution in [0.15, 0.2) is 41.5 Å². The zero-order valence-electron chi connectivity index (χ0n) is 11.5. The Kier molecular flexibility index (Phi) is 4.30. The predicted octanol–water partition coefficient (Wildman–Crippen LogP) is 1.83. The van der Waals surface area contributed by atoms with Gasteiger partial charge in [0.2, 0.25) is 0 Å². The molecule has 5 nitrogen and oxygen atoms in total. The molecule has 0 aliphatic carbocycles. The lowest BCUT2D eigenvalue weighted by Crippen LogP contribution is -2.24. The van der Waals surface area contributed by atoms with E-state index in [-0.39, 0.29) is 17.9 Å². The third kappa shape index (κ3) is 3.32. The quantitative estimate of drug-likeness (QED) is 0.779. The Morgan fingerprint density at radius 1 is 1.30 bits per heavy atom. The molecule has 1 aromatic carbocycles. The molecule has 0 spiro atoms. The molecule has 20 heavy (non-hydrogen) atoms. The lowest BCUT2D eigenvalue weighted by atomic mass is 10.1. The van der Waals surface area contributed by atoms with Gasteiger partial charge in [0.05, 0.1) is 19.5 Å². The average molecular weight is 272 g/mol. The fourth-order valence-corrected chi connectivity index (χ4v) is 1.79. The number of nitrogens with zero attached hydrogens (tertiary/aromatic N) is 2. The minimum absolute atomic E-state index is 0.0138. The molecule has 0 unspecified atom stereocenters. The highest BCUT2D eigenvalue weighted by atomic mass is 16.5. The lowest BCUT2D eigenvalue weighted by Gasteiger charge is -2.06. The Balaban J connectivity index is 2.13. The van der Waals surface area contributed by atoms with Gasteiger partial charge in [-0.3, -0.25) is 14.2 Å². The van der Waals surface area contributed by atoms with E-state index >= 15 is 0 Å². The number of hydrogen-bond donors (Lipinski definition) is 0. The summed E-state index contributed by atoms with van der Waals surface area (Å²) >= 11 is 0. The molecule has 0 saturated carbocycles. The van der Waals surface area contributed by atoms with Crippen LogP contribution in [0.1, 0.15) is 23.0 Å². The van der Waals surface area contributed by atoms with E-state index in [4.69, 9.17) is 4.74 Å². The van der Waals surface area contributed by atoms with E-state index in [0.717, 1.165) is 5.75 Å². The van der Waals surface area contributed by atoms with Gasteiger partial charge in [-0.1, -0.05) is 0 Å². The maximum absolute atomic E-state index is 12.1. The zero-order chi connectivity index (χ0) is 14.5. The van der Waals surface area contributed by atoms with Gasteiger partial charge < -0.3 is 4.74 Å². The van der Waals surface area contributed by atoms with Gasteiger partial charge in [0.15, 0.2) is 5.78 Å². The lowest BCUT2D eigenvalue weighted by molar-refractivity contribution is 0.0970. The van der Waals surface area contributed by atoms with Crippen molar-refractivity contribution in [3.63, 3.8) is 0 Å². The Labute approximate surface area is 116 Å². The van der Waals surface area contributed by atoms with Gasteiger partial charge >= 0.3 is 0 Å². The van der Waals surface area contributed by atoms with Gasteiger partial charge in [-0.15, -0.1) is 0 Å². The van der Waals surface area contributed by atoms with Crippen molar-refractivity contribution in [2.24, 2.45) is 0 Å². The normalized spacial score (nSPS) is 10.3. The first-order valence-electron chi connectivity index (χ1n) is 6.39. The number of carbonyl (C=O) groups is 1. The molecule has 0 bridgehead atoms. The third-order valence-electron chi connectivity index (χ3n) is 2.82. The third-order valence-corrected chi connectivity index (χ3v) is 2.82. The second kappa shape index (κ2) is 6.14. The highest BCUT2D eigenvalue weighted by Gasteiger charge is 2.08. The van der Waals surface area contributed by atoms with Crippen LogP contribution in [-0.2, 0) is 6.54 Å². The standard InChI is InChI=1S/C15H16N2O3/c1-3-20-13-6-4-12(5-7-13)14(18)9-17-10-16-11(2)8-15(17)19/h4-8,10H,3,9H2,1-2H3. The summed E-state index contributed by atoms with van der Waals surface area (Å²) in [5.74, 6) is 0.582.